The van der Waals surface area contributed by atoms with Crippen molar-refractivity contribution in [3.63, 3.8) is 0 Å². The molecule has 0 saturated heterocycles. The second-order valence-electron chi connectivity index (χ2n) is 3.92. The van der Waals surface area contributed by atoms with Gasteiger partial charge in [-0.05, 0) is 31.2 Å². The molecular weight excluding hydrogens is 256 g/mol. The zero-order valence-electron chi connectivity index (χ0n) is 11.2. The molecule has 0 aliphatic heterocycles. The smallest absolute Gasteiger partial charge is 0.319 e. The lowest BCUT2D eigenvalue weighted by Crippen LogP contribution is -2.28. The first-order valence-corrected chi connectivity index (χ1v) is 6.32. The van der Waals surface area contributed by atoms with Crippen LogP contribution in [0.25, 0.3) is 0 Å². The fraction of sp³-hybridized carbons (Fsp3) is 0.214. The van der Waals surface area contributed by atoms with Gasteiger partial charge in [-0.2, -0.15) is 0 Å². The second kappa shape index (κ2) is 7.08. The number of anilines is 1. The Morgan fingerprint density at radius 3 is 2.80 bits per heavy atom. The van der Waals surface area contributed by atoms with Crippen molar-refractivity contribution in [3.05, 3.63) is 48.4 Å². The highest BCUT2D eigenvalue weighted by Gasteiger charge is 2.08. The number of aromatic nitrogens is 2. The summed E-state index contributed by atoms with van der Waals surface area (Å²) in [5, 5.41) is 5.42. The lowest BCUT2D eigenvalue weighted by Gasteiger charge is -2.10. The predicted molar refractivity (Wildman–Crippen MR) is 75.5 cm³/mol. The first-order valence-electron chi connectivity index (χ1n) is 6.32. The first kappa shape index (κ1) is 13.8. The molecule has 2 aromatic rings. The highest BCUT2D eigenvalue weighted by atomic mass is 16.5. The van der Waals surface area contributed by atoms with Gasteiger partial charge in [0.05, 0.1) is 18.8 Å². The van der Waals surface area contributed by atoms with Crippen LogP contribution in [0.15, 0.2) is 42.7 Å². The number of hydrogen-bond donors (Lipinski definition) is 2. The van der Waals surface area contributed by atoms with Gasteiger partial charge >= 0.3 is 6.03 Å². The molecule has 0 bridgehead atoms. The van der Waals surface area contributed by atoms with Crippen molar-refractivity contribution < 1.29 is 9.53 Å². The van der Waals surface area contributed by atoms with E-state index < -0.39 is 0 Å². The van der Waals surface area contributed by atoms with E-state index in [0.717, 1.165) is 5.69 Å². The van der Waals surface area contributed by atoms with E-state index in [1.807, 2.05) is 25.1 Å². The Morgan fingerprint density at radius 1 is 1.20 bits per heavy atom. The summed E-state index contributed by atoms with van der Waals surface area (Å²) in [6.07, 6.45) is 3.30. The molecule has 0 radical (unpaired) electrons. The van der Waals surface area contributed by atoms with E-state index >= 15 is 0 Å². The third kappa shape index (κ3) is 3.94. The van der Waals surface area contributed by atoms with E-state index in [0.29, 0.717) is 24.7 Å². The number of hydrogen-bond acceptors (Lipinski definition) is 4. The van der Waals surface area contributed by atoms with Gasteiger partial charge in [0.1, 0.15) is 5.69 Å². The molecule has 6 nitrogen and oxygen atoms in total. The Balaban J connectivity index is 1.91. The minimum atomic E-state index is -0.329. The summed E-state index contributed by atoms with van der Waals surface area (Å²) in [6.45, 7) is 2.71. The SMILES string of the molecule is CCOc1ncccc1NC(=O)NCc1ccccn1. The standard InChI is InChI=1S/C14H16N4O2/c1-2-20-13-12(7-5-9-16-13)18-14(19)17-10-11-6-3-4-8-15-11/h3-9H,2,10H2,1H3,(H2,17,18,19). The summed E-state index contributed by atoms with van der Waals surface area (Å²) < 4.78 is 5.33. The lowest BCUT2D eigenvalue weighted by molar-refractivity contribution is 0.251. The molecule has 0 unspecified atom stereocenters. The number of amides is 2. The third-order valence-electron chi connectivity index (χ3n) is 2.46. The van der Waals surface area contributed by atoms with E-state index in [-0.39, 0.29) is 6.03 Å². The van der Waals surface area contributed by atoms with Gasteiger partial charge in [0.15, 0.2) is 0 Å². The molecular formula is C14H16N4O2. The number of urea groups is 1. The van der Waals surface area contributed by atoms with Gasteiger partial charge in [0.25, 0.3) is 0 Å². The van der Waals surface area contributed by atoms with Crippen LogP contribution in [-0.4, -0.2) is 22.6 Å². The molecule has 0 aliphatic rings. The van der Waals surface area contributed by atoms with Crippen LogP contribution in [0, 0.1) is 0 Å². The number of carbonyl (C=O) groups is 1. The summed E-state index contributed by atoms with van der Waals surface area (Å²) in [6, 6.07) is 8.68. The van der Waals surface area contributed by atoms with Crippen LogP contribution in [0.2, 0.25) is 0 Å². The Bertz CT molecular complexity index is 560. The molecule has 104 valence electrons. The van der Waals surface area contributed by atoms with Crippen molar-refractivity contribution in [2.75, 3.05) is 11.9 Å². The molecule has 2 heterocycles. The zero-order chi connectivity index (χ0) is 14.2. The van der Waals surface area contributed by atoms with Crippen LogP contribution in [0.1, 0.15) is 12.6 Å². The highest BCUT2D eigenvalue weighted by molar-refractivity contribution is 5.90. The molecule has 2 N–H and O–H groups in total. The van der Waals surface area contributed by atoms with Crippen LogP contribution in [-0.2, 0) is 6.54 Å². The summed E-state index contributed by atoms with van der Waals surface area (Å²) >= 11 is 0. The fourth-order valence-electron chi connectivity index (χ4n) is 1.58. The molecule has 0 saturated carbocycles. The monoisotopic (exact) mass is 272 g/mol. The van der Waals surface area contributed by atoms with Crippen LogP contribution in [0.5, 0.6) is 5.88 Å². The van der Waals surface area contributed by atoms with Gasteiger partial charge in [0, 0.05) is 12.4 Å². The normalized spacial score (nSPS) is 9.85. The number of nitrogens with zero attached hydrogens (tertiary/aromatic N) is 2. The fourth-order valence-corrected chi connectivity index (χ4v) is 1.58. The average Bonchev–Trinajstić information content (AvgIpc) is 2.49. The molecule has 0 atom stereocenters. The van der Waals surface area contributed by atoms with Crippen LogP contribution < -0.4 is 15.4 Å². The second-order valence-corrected chi connectivity index (χ2v) is 3.92. The van der Waals surface area contributed by atoms with Gasteiger partial charge in [0.2, 0.25) is 5.88 Å². The molecule has 0 aromatic carbocycles. The highest BCUT2D eigenvalue weighted by Crippen LogP contribution is 2.20. The van der Waals surface area contributed by atoms with Crippen molar-refractivity contribution in [2.24, 2.45) is 0 Å². The number of ether oxygens (including phenoxy) is 1. The quantitative estimate of drug-likeness (QED) is 0.874. The van der Waals surface area contributed by atoms with Crippen molar-refractivity contribution in [3.8, 4) is 5.88 Å². The molecule has 20 heavy (non-hydrogen) atoms. The summed E-state index contributed by atoms with van der Waals surface area (Å²) in [5.41, 5.74) is 1.33. The third-order valence-corrected chi connectivity index (χ3v) is 2.46. The molecule has 2 amide bonds. The summed E-state index contributed by atoms with van der Waals surface area (Å²) in [4.78, 5) is 20.0. The topological polar surface area (TPSA) is 76.1 Å². The molecule has 0 spiro atoms. The summed E-state index contributed by atoms with van der Waals surface area (Å²) in [7, 11) is 0. The van der Waals surface area contributed by atoms with Gasteiger partial charge in [-0.3, -0.25) is 4.98 Å². The molecule has 2 aromatic heterocycles. The van der Waals surface area contributed by atoms with Crippen molar-refractivity contribution in [1.82, 2.24) is 15.3 Å². The van der Waals surface area contributed by atoms with E-state index in [2.05, 4.69) is 20.6 Å². The maximum Gasteiger partial charge on any atom is 0.319 e. The van der Waals surface area contributed by atoms with E-state index in [1.54, 1.807) is 24.5 Å². The maximum atomic E-state index is 11.8. The molecule has 6 heteroatoms. The number of nitrogens with one attached hydrogen (secondary N) is 2. The van der Waals surface area contributed by atoms with Crippen LogP contribution in [0.3, 0.4) is 0 Å². The van der Waals surface area contributed by atoms with Gasteiger partial charge < -0.3 is 15.4 Å². The number of rotatable bonds is 5. The average molecular weight is 272 g/mol. The van der Waals surface area contributed by atoms with E-state index in [4.69, 9.17) is 4.74 Å². The lowest BCUT2D eigenvalue weighted by atomic mass is 10.3. The van der Waals surface area contributed by atoms with Crippen LogP contribution >= 0.6 is 0 Å². The molecule has 0 aliphatic carbocycles. The maximum absolute atomic E-state index is 11.8. The van der Waals surface area contributed by atoms with Crippen molar-refractivity contribution >= 4 is 11.7 Å². The minimum Gasteiger partial charge on any atom is -0.476 e. The predicted octanol–water partition coefficient (Wildman–Crippen LogP) is 2.20. The Labute approximate surface area is 117 Å². The van der Waals surface area contributed by atoms with E-state index in [1.165, 1.54) is 0 Å². The Kier molecular flexibility index (Phi) is 4.88. The van der Waals surface area contributed by atoms with Crippen LogP contribution in [0.4, 0.5) is 10.5 Å². The minimum absolute atomic E-state index is 0.329. The molecule has 2 rings (SSSR count). The Hall–Kier alpha value is -2.63. The Morgan fingerprint density at radius 2 is 2.05 bits per heavy atom. The van der Waals surface area contributed by atoms with Gasteiger partial charge in [-0.1, -0.05) is 6.07 Å². The molecule has 0 fully saturated rings. The zero-order valence-corrected chi connectivity index (χ0v) is 11.2. The van der Waals surface area contributed by atoms with E-state index in [9.17, 15) is 4.79 Å². The summed E-state index contributed by atoms with van der Waals surface area (Å²) in [5.74, 6) is 0.406. The van der Waals surface area contributed by atoms with Crippen molar-refractivity contribution in [2.45, 2.75) is 13.5 Å². The van der Waals surface area contributed by atoms with Gasteiger partial charge in [-0.25, -0.2) is 9.78 Å². The first-order chi connectivity index (χ1) is 9.79. The number of carbonyl (C=O) groups excluding carboxylic acids is 1. The number of pyridine rings is 2. The largest absolute Gasteiger partial charge is 0.476 e. The van der Waals surface area contributed by atoms with Gasteiger partial charge in [-0.15, -0.1) is 0 Å². The van der Waals surface area contributed by atoms with Crippen molar-refractivity contribution in [1.29, 1.82) is 0 Å².